The van der Waals surface area contributed by atoms with Crippen molar-refractivity contribution in [1.82, 2.24) is 20.4 Å². The molecule has 1 aromatic heterocycles. The molecule has 0 radical (unpaired) electrons. The fourth-order valence-electron chi connectivity index (χ4n) is 3.36. The van der Waals surface area contributed by atoms with E-state index in [0.29, 0.717) is 16.8 Å². The summed E-state index contributed by atoms with van der Waals surface area (Å²) in [7, 11) is 1.63. The van der Waals surface area contributed by atoms with Gasteiger partial charge in [0.25, 0.3) is 5.91 Å². The fraction of sp³-hybridized carbons (Fsp3) is 0.474. The van der Waals surface area contributed by atoms with Crippen LogP contribution in [0.15, 0.2) is 36.5 Å². The number of nitrogens with zero attached hydrogens (tertiary/aromatic N) is 2. The van der Waals surface area contributed by atoms with Gasteiger partial charge in [0, 0.05) is 24.9 Å². The number of halogens is 1. The van der Waals surface area contributed by atoms with Crippen molar-refractivity contribution in [2.75, 3.05) is 20.2 Å². The zero-order valence-corrected chi connectivity index (χ0v) is 15.9. The van der Waals surface area contributed by atoms with Crippen molar-refractivity contribution in [3.05, 3.63) is 52.8 Å². The molecule has 1 aliphatic heterocycles. The zero-order valence-electron chi connectivity index (χ0n) is 15.1. The van der Waals surface area contributed by atoms with Gasteiger partial charge in [-0.15, -0.1) is 0 Å². The molecule has 0 bridgehead atoms. The lowest BCUT2D eigenvalue weighted by Gasteiger charge is -2.24. The Bertz CT molecular complexity index is 725. The van der Waals surface area contributed by atoms with Crippen LogP contribution in [0, 0.1) is 0 Å². The van der Waals surface area contributed by atoms with Crippen LogP contribution in [-0.4, -0.2) is 41.9 Å². The van der Waals surface area contributed by atoms with E-state index in [2.05, 4.69) is 15.7 Å². The van der Waals surface area contributed by atoms with Crippen molar-refractivity contribution in [1.29, 1.82) is 0 Å². The van der Waals surface area contributed by atoms with Gasteiger partial charge in [0.05, 0.1) is 12.1 Å². The number of methoxy groups -OCH3 is 1. The molecule has 0 aliphatic carbocycles. The number of nitrogens with one attached hydrogen (secondary N) is 2. The van der Waals surface area contributed by atoms with Gasteiger partial charge in [0.2, 0.25) is 0 Å². The molecule has 140 valence electrons. The van der Waals surface area contributed by atoms with E-state index in [1.165, 1.54) is 0 Å². The molecule has 2 heterocycles. The Labute approximate surface area is 158 Å². The zero-order chi connectivity index (χ0) is 18.5. The summed E-state index contributed by atoms with van der Waals surface area (Å²) in [5, 5.41) is 11.5. The minimum absolute atomic E-state index is 0.198. The summed E-state index contributed by atoms with van der Waals surface area (Å²) in [5.41, 5.74) is 1.39. The van der Waals surface area contributed by atoms with Gasteiger partial charge in [0.1, 0.15) is 11.8 Å². The van der Waals surface area contributed by atoms with Gasteiger partial charge in [0.15, 0.2) is 0 Å². The number of rotatable bonds is 6. The monoisotopic (exact) mass is 376 g/mol. The van der Waals surface area contributed by atoms with Crippen LogP contribution in [0.2, 0.25) is 5.02 Å². The molecule has 0 saturated carbocycles. The molecule has 2 aromatic rings. The van der Waals surface area contributed by atoms with E-state index in [1.807, 2.05) is 42.1 Å². The third-order valence-electron chi connectivity index (χ3n) is 4.75. The Kier molecular flexibility index (Phi) is 6.29. The average molecular weight is 377 g/mol. The second kappa shape index (κ2) is 8.66. The maximum Gasteiger partial charge on any atom is 0.272 e. The number of piperidine rings is 1. The topological polar surface area (TPSA) is 68.2 Å². The van der Waals surface area contributed by atoms with Gasteiger partial charge >= 0.3 is 0 Å². The average Bonchev–Trinajstić information content (AvgIpc) is 3.15. The minimum Gasteiger partial charge on any atom is -0.375 e. The maximum atomic E-state index is 12.6. The summed E-state index contributed by atoms with van der Waals surface area (Å²) in [4.78, 5) is 12.6. The van der Waals surface area contributed by atoms with E-state index in [0.717, 1.165) is 31.5 Å². The molecule has 1 aromatic carbocycles. The molecule has 3 unspecified atom stereocenters. The summed E-state index contributed by atoms with van der Waals surface area (Å²) in [6, 6.07) is 9.31. The van der Waals surface area contributed by atoms with Gasteiger partial charge in [-0.25, -0.2) is 0 Å². The molecule has 26 heavy (non-hydrogen) atoms. The predicted octanol–water partition coefficient (Wildman–Crippen LogP) is 2.97. The number of carbonyl (C=O) groups is 1. The predicted molar refractivity (Wildman–Crippen MR) is 101 cm³/mol. The van der Waals surface area contributed by atoms with Gasteiger partial charge in [-0.05, 0) is 50.1 Å². The highest BCUT2D eigenvalue weighted by Gasteiger charge is 2.23. The Balaban J connectivity index is 1.64. The molecule has 1 saturated heterocycles. The van der Waals surface area contributed by atoms with E-state index in [4.69, 9.17) is 16.3 Å². The molecule has 1 fully saturated rings. The van der Waals surface area contributed by atoms with Gasteiger partial charge in [-0.3, -0.25) is 9.48 Å². The standard InChI is InChI=1S/C19H25ClN4O2/c1-13(18(26-2)14-5-7-15(20)8-6-14)22-19(25)17-9-11-24(23-17)16-4-3-10-21-12-16/h5-9,11,13,16,18,21H,3-4,10,12H2,1-2H3,(H,22,25). The highest BCUT2D eigenvalue weighted by atomic mass is 35.5. The molecular weight excluding hydrogens is 352 g/mol. The van der Waals surface area contributed by atoms with Gasteiger partial charge in [-0.1, -0.05) is 23.7 Å². The van der Waals surface area contributed by atoms with Crippen molar-refractivity contribution in [3.8, 4) is 0 Å². The summed E-state index contributed by atoms with van der Waals surface area (Å²) < 4.78 is 7.47. The molecular formula is C19H25ClN4O2. The van der Waals surface area contributed by atoms with Crippen LogP contribution < -0.4 is 10.6 Å². The van der Waals surface area contributed by atoms with E-state index in [9.17, 15) is 4.79 Å². The Morgan fingerprint density at radius 2 is 2.15 bits per heavy atom. The summed E-state index contributed by atoms with van der Waals surface area (Å²) in [6.07, 6.45) is 3.82. The molecule has 0 spiro atoms. The lowest BCUT2D eigenvalue weighted by Crippen LogP contribution is -2.38. The molecule has 7 heteroatoms. The largest absolute Gasteiger partial charge is 0.375 e. The Morgan fingerprint density at radius 1 is 1.38 bits per heavy atom. The van der Waals surface area contributed by atoms with Crippen LogP contribution in [0.1, 0.15) is 48.0 Å². The van der Waals surface area contributed by atoms with Crippen molar-refractivity contribution < 1.29 is 9.53 Å². The summed E-state index contributed by atoms with van der Waals surface area (Å²) in [5.74, 6) is -0.198. The van der Waals surface area contributed by atoms with Crippen molar-refractivity contribution in [2.24, 2.45) is 0 Å². The Morgan fingerprint density at radius 3 is 2.81 bits per heavy atom. The van der Waals surface area contributed by atoms with Crippen LogP contribution in [0.5, 0.6) is 0 Å². The Hall–Kier alpha value is -1.89. The SMILES string of the molecule is COC(c1ccc(Cl)cc1)C(C)NC(=O)c1ccn(C2CCCNC2)n1. The van der Waals surface area contributed by atoms with E-state index in [-0.39, 0.29) is 18.1 Å². The first-order valence-electron chi connectivity index (χ1n) is 8.93. The van der Waals surface area contributed by atoms with E-state index < -0.39 is 0 Å². The highest BCUT2D eigenvalue weighted by Crippen LogP contribution is 2.23. The third-order valence-corrected chi connectivity index (χ3v) is 5.00. The number of aromatic nitrogens is 2. The van der Waals surface area contributed by atoms with Crippen molar-refractivity contribution >= 4 is 17.5 Å². The van der Waals surface area contributed by atoms with Crippen LogP contribution in [0.3, 0.4) is 0 Å². The maximum absolute atomic E-state index is 12.6. The number of amides is 1. The van der Waals surface area contributed by atoms with Crippen molar-refractivity contribution in [2.45, 2.75) is 38.0 Å². The van der Waals surface area contributed by atoms with Crippen LogP contribution in [0.25, 0.3) is 0 Å². The lowest BCUT2D eigenvalue weighted by atomic mass is 10.0. The first kappa shape index (κ1) is 18.9. The fourth-order valence-corrected chi connectivity index (χ4v) is 3.49. The second-order valence-corrected chi connectivity index (χ2v) is 7.09. The summed E-state index contributed by atoms with van der Waals surface area (Å²) >= 11 is 5.94. The van der Waals surface area contributed by atoms with Gasteiger partial charge < -0.3 is 15.4 Å². The molecule has 1 aliphatic rings. The van der Waals surface area contributed by atoms with Crippen LogP contribution in [-0.2, 0) is 4.74 Å². The summed E-state index contributed by atoms with van der Waals surface area (Å²) in [6.45, 7) is 3.86. The number of ether oxygens (including phenoxy) is 1. The third kappa shape index (κ3) is 4.44. The smallest absolute Gasteiger partial charge is 0.272 e. The molecule has 2 N–H and O–H groups in total. The highest BCUT2D eigenvalue weighted by molar-refractivity contribution is 6.30. The first-order valence-corrected chi connectivity index (χ1v) is 9.31. The minimum atomic E-state index is -0.263. The number of benzene rings is 1. The van der Waals surface area contributed by atoms with Crippen LogP contribution >= 0.6 is 11.6 Å². The molecule has 6 nitrogen and oxygen atoms in total. The number of carbonyl (C=O) groups excluding carboxylic acids is 1. The normalized spacial score (nSPS) is 19.7. The molecule has 3 rings (SSSR count). The quantitative estimate of drug-likeness (QED) is 0.813. The van der Waals surface area contributed by atoms with Crippen LogP contribution in [0.4, 0.5) is 0 Å². The van der Waals surface area contributed by atoms with Crippen molar-refractivity contribution in [3.63, 3.8) is 0 Å². The molecule has 3 atom stereocenters. The first-order chi connectivity index (χ1) is 12.6. The van der Waals surface area contributed by atoms with E-state index in [1.54, 1.807) is 13.2 Å². The van der Waals surface area contributed by atoms with Gasteiger partial charge in [-0.2, -0.15) is 5.10 Å². The molecule has 1 amide bonds. The lowest BCUT2D eigenvalue weighted by molar-refractivity contribution is 0.0642. The second-order valence-electron chi connectivity index (χ2n) is 6.65. The number of hydrogen-bond acceptors (Lipinski definition) is 4. The number of hydrogen-bond donors (Lipinski definition) is 2. The van der Waals surface area contributed by atoms with E-state index >= 15 is 0 Å².